The maximum absolute atomic E-state index is 12.6. The number of benzene rings is 1. The van der Waals surface area contributed by atoms with Crippen LogP contribution in [0.2, 0.25) is 0 Å². The number of carbonyl (C=O) groups excluding carboxylic acids is 1. The van der Waals surface area contributed by atoms with E-state index < -0.39 is 0 Å². The minimum absolute atomic E-state index is 0.00544. The monoisotopic (exact) mass is 295 g/mol. The summed E-state index contributed by atoms with van der Waals surface area (Å²) in [5, 5.41) is 3.09. The highest BCUT2D eigenvalue weighted by Gasteiger charge is 2.14. The third kappa shape index (κ3) is 4.19. The number of rotatable bonds is 7. The molecule has 4 heteroatoms. The molecule has 1 aromatic heterocycles. The zero-order valence-corrected chi connectivity index (χ0v) is 12.8. The summed E-state index contributed by atoms with van der Waals surface area (Å²) in [5.74, 6) is 0.733. The van der Waals surface area contributed by atoms with E-state index in [4.69, 9.17) is 0 Å². The minimum atomic E-state index is -0.00544. The van der Waals surface area contributed by atoms with Gasteiger partial charge in [-0.05, 0) is 24.6 Å². The molecule has 0 atom stereocenters. The van der Waals surface area contributed by atoms with Gasteiger partial charge in [0.1, 0.15) is 5.82 Å². The van der Waals surface area contributed by atoms with Crippen molar-refractivity contribution in [1.82, 2.24) is 9.88 Å². The third-order valence-corrected chi connectivity index (χ3v) is 3.32. The first-order chi connectivity index (χ1) is 10.7. The second-order valence-corrected chi connectivity index (χ2v) is 4.91. The number of nitrogens with one attached hydrogen (secondary N) is 1. The van der Waals surface area contributed by atoms with Crippen LogP contribution in [0, 0.1) is 0 Å². The third-order valence-electron chi connectivity index (χ3n) is 3.32. The number of nitrogens with zero attached hydrogens (tertiary/aromatic N) is 2. The Bertz CT molecular complexity index is 608. The quantitative estimate of drug-likeness (QED) is 0.797. The number of carbonyl (C=O) groups is 1. The molecule has 114 valence electrons. The second kappa shape index (κ2) is 7.98. The van der Waals surface area contributed by atoms with Crippen molar-refractivity contribution in [3.63, 3.8) is 0 Å². The molecule has 1 amide bonds. The Kier molecular flexibility index (Phi) is 5.72. The van der Waals surface area contributed by atoms with Crippen LogP contribution in [0.1, 0.15) is 22.8 Å². The molecule has 22 heavy (non-hydrogen) atoms. The van der Waals surface area contributed by atoms with Gasteiger partial charge in [0.15, 0.2) is 0 Å². The molecule has 1 heterocycles. The Balaban J connectivity index is 2.06. The van der Waals surface area contributed by atoms with Crippen LogP contribution in [0.15, 0.2) is 61.3 Å². The van der Waals surface area contributed by atoms with E-state index in [1.807, 2.05) is 48.2 Å². The molecule has 0 saturated heterocycles. The second-order valence-electron chi connectivity index (χ2n) is 4.91. The molecule has 0 spiro atoms. The largest absolute Gasteiger partial charge is 0.367 e. The first-order valence-electron chi connectivity index (χ1n) is 7.38. The van der Waals surface area contributed by atoms with Gasteiger partial charge in [-0.25, -0.2) is 4.98 Å². The van der Waals surface area contributed by atoms with Crippen LogP contribution in [0.5, 0.6) is 0 Å². The summed E-state index contributed by atoms with van der Waals surface area (Å²) in [4.78, 5) is 18.6. The number of anilines is 1. The Morgan fingerprint density at radius 3 is 2.64 bits per heavy atom. The number of hydrogen-bond donors (Lipinski definition) is 1. The zero-order valence-electron chi connectivity index (χ0n) is 12.8. The number of aromatic nitrogens is 1. The first-order valence-corrected chi connectivity index (χ1v) is 7.38. The van der Waals surface area contributed by atoms with Crippen molar-refractivity contribution in [2.75, 3.05) is 18.4 Å². The van der Waals surface area contributed by atoms with E-state index in [1.165, 1.54) is 0 Å². The minimum Gasteiger partial charge on any atom is -0.367 e. The fraction of sp³-hybridized carbons (Fsp3) is 0.222. The van der Waals surface area contributed by atoms with Crippen LogP contribution in [0.3, 0.4) is 0 Å². The van der Waals surface area contributed by atoms with Gasteiger partial charge in [-0.2, -0.15) is 0 Å². The predicted molar refractivity (Wildman–Crippen MR) is 89.8 cm³/mol. The number of hydrogen-bond acceptors (Lipinski definition) is 3. The van der Waals surface area contributed by atoms with E-state index in [0.29, 0.717) is 25.2 Å². The average Bonchev–Trinajstić information content (AvgIpc) is 2.58. The molecule has 0 aliphatic carbocycles. The Labute approximate surface area is 131 Å². The molecule has 0 aliphatic rings. The van der Waals surface area contributed by atoms with Crippen molar-refractivity contribution >= 4 is 11.7 Å². The van der Waals surface area contributed by atoms with Crippen LogP contribution in [0.25, 0.3) is 0 Å². The van der Waals surface area contributed by atoms with Crippen molar-refractivity contribution in [3.05, 3.63) is 72.4 Å². The van der Waals surface area contributed by atoms with Gasteiger partial charge in [0.25, 0.3) is 5.91 Å². The van der Waals surface area contributed by atoms with E-state index >= 15 is 0 Å². The van der Waals surface area contributed by atoms with Crippen LogP contribution in [-0.4, -0.2) is 28.9 Å². The lowest BCUT2D eigenvalue weighted by Crippen LogP contribution is -2.30. The summed E-state index contributed by atoms with van der Waals surface area (Å²) in [7, 11) is 0. The normalized spacial score (nSPS) is 10.0. The van der Waals surface area contributed by atoms with Gasteiger partial charge in [-0.3, -0.25) is 4.79 Å². The maximum Gasteiger partial charge on any atom is 0.255 e. The molecular formula is C18H21N3O. The van der Waals surface area contributed by atoms with Gasteiger partial charge < -0.3 is 10.2 Å². The van der Waals surface area contributed by atoms with Crippen LogP contribution in [0.4, 0.5) is 5.82 Å². The average molecular weight is 295 g/mol. The van der Waals surface area contributed by atoms with E-state index in [9.17, 15) is 4.79 Å². The van der Waals surface area contributed by atoms with E-state index in [-0.39, 0.29) is 5.91 Å². The smallest absolute Gasteiger partial charge is 0.255 e. The Hall–Kier alpha value is -2.62. The fourth-order valence-corrected chi connectivity index (χ4v) is 2.12. The predicted octanol–water partition coefficient (Wildman–Crippen LogP) is 3.34. The van der Waals surface area contributed by atoms with Crippen molar-refractivity contribution in [2.24, 2.45) is 0 Å². The van der Waals surface area contributed by atoms with Gasteiger partial charge >= 0.3 is 0 Å². The molecule has 0 radical (unpaired) electrons. The summed E-state index contributed by atoms with van der Waals surface area (Å²) >= 11 is 0. The maximum atomic E-state index is 12.6. The number of pyridine rings is 1. The molecule has 0 saturated carbocycles. The summed E-state index contributed by atoms with van der Waals surface area (Å²) in [6.07, 6.45) is 3.38. The van der Waals surface area contributed by atoms with Crippen molar-refractivity contribution < 1.29 is 4.79 Å². The lowest BCUT2D eigenvalue weighted by Gasteiger charge is -2.21. The highest BCUT2D eigenvalue weighted by molar-refractivity contribution is 5.94. The van der Waals surface area contributed by atoms with Crippen molar-refractivity contribution in [2.45, 2.75) is 13.5 Å². The van der Waals surface area contributed by atoms with Crippen molar-refractivity contribution in [1.29, 1.82) is 0 Å². The SMILES string of the molecule is C=CCNc1ccc(C(=O)N(CC)Cc2ccccc2)cn1. The standard InChI is InChI=1S/C18H21N3O/c1-3-12-19-17-11-10-16(13-20-17)18(22)21(4-2)14-15-8-6-5-7-9-15/h3,5-11,13H,1,4,12,14H2,2H3,(H,19,20). The molecule has 0 unspecified atom stereocenters. The molecule has 2 rings (SSSR count). The van der Waals surface area contributed by atoms with Gasteiger partial charge in [-0.1, -0.05) is 36.4 Å². The van der Waals surface area contributed by atoms with Gasteiger partial charge in [0.2, 0.25) is 0 Å². The number of amides is 1. The van der Waals surface area contributed by atoms with E-state index in [2.05, 4.69) is 16.9 Å². The van der Waals surface area contributed by atoms with Crippen molar-refractivity contribution in [3.8, 4) is 0 Å². The van der Waals surface area contributed by atoms with Gasteiger partial charge in [0, 0.05) is 25.8 Å². The van der Waals surface area contributed by atoms with E-state index in [1.54, 1.807) is 18.3 Å². The van der Waals surface area contributed by atoms with Crippen LogP contribution < -0.4 is 5.32 Å². The van der Waals surface area contributed by atoms with Gasteiger partial charge in [0.05, 0.1) is 5.56 Å². The molecule has 0 fully saturated rings. The lowest BCUT2D eigenvalue weighted by atomic mass is 10.2. The molecule has 1 aromatic carbocycles. The summed E-state index contributed by atoms with van der Waals surface area (Å²) in [6, 6.07) is 13.6. The highest BCUT2D eigenvalue weighted by Crippen LogP contribution is 2.11. The topological polar surface area (TPSA) is 45.2 Å². The molecule has 2 aromatic rings. The Morgan fingerprint density at radius 1 is 1.27 bits per heavy atom. The zero-order chi connectivity index (χ0) is 15.8. The highest BCUT2D eigenvalue weighted by atomic mass is 16.2. The summed E-state index contributed by atoms with van der Waals surface area (Å²) in [6.45, 7) is 7.53. The Morgan fingerprint density at radius 2 is 2.05 bits per heavy atom. The lowest BCUT2D eigenvalue weighted by molar-refractivity contribution is 0.0752. The summed E-state index contributed by atoms with van der Waals surface area (Å²) < 4.78 is 0. The molecular weight excluding hydrogens is 274 g/mol. The molecule has 1 N–H and O–H groups in total. The fourth-order valence-electron chi connectivity index (χ4n) is 2.12. The first kappa shape index (κ1) is 15.8. The van der Waals surface area contributed by atoms with Gasteiger partial charge in [-0.15, -0.1) is 6.58 Å². The van der Waals surface area contributed by atoms with Crippen LogP contribution in [-0.2, 0) is 6.54 Å². The van der Waals surface area contributed by atoms with Crippen LogP contribution >= 0.6 is 0 Å². The summed E-state index contributed by atoms with van der Waals surface area (Å²) in [5.41, 5.74) is 1.72. The molecule has 4 nitrogen and oxygen atoms in total. The van der Waals surface area contributed by atoms with E-state index in [0.717, 1.165) is 11.4 Å². The molecule has 0 aliphatic heterocycles. The molecule has 0 bridgehead atoms.